The number of fused-ring (bicyclic) bond motifs is 2. The van der Waals surface area contributed by atoms with Crippen LogP contribution in [0.3, 0.4) is 0 Å². The number of amides is 3. The summed E-state index contributed by atoms with van der Waals surface area (Å²) in [6.07, 6.45) is 2.83. The second-order valence-corrected chi connectivity index (χ2v) is 5.61. The zero-order valence-corrected chi connectivity index (χ0v) is 11.0. The molecule has 3 saturated heterocycles. The highest BCUT2D eigenvalue weighted by Gasteiger charge is 2.64. The number of carbonyl (C=O) groups is 3. The minimum absolute atomic E-state index is 0.183. The molecule has 1 saturated carbocycles. The molecule has 3 aliphatic heterocycles. The minimum Gasteiger partial charge on any atom is -0.439 e. The third kappa shape index (κ3) is 1.58. The molecule has 4 aliphatic rings. The van der Waals surface area contributed by atoms with Crippen molar-refractivity contribution < 1.29 is 19.1 Å². The van der Waals surface area contributed by atoms with E-state index < -0.39 is 23.6 Å². The van der Waals surface area contributed by atoms with Crippen LogP contribution >= 0.6 is 0 Å². The van der Waals surface area contributed by atoms with Crippen LogP contribution in [0, 0.1) is 5.92 Å². The van der Waals surface area contributed by atoms with E-state index in [0.29, 0.717) is 12.8 Å². The Bertz CT molecular complexity index is 641. The normalized spacial score (nSPS) is 34.3. The van der Waals surface area contributed by atoms with E-state index in [0.717, 1.165) is 5.56 Å². The third-order valence-corrected chi connectivity index (χ3v) is 4.51. The molecular formula is C13H12N4O4. The standard InChI is InChI=1S/C13H12N4O4/c18-10-8-3-13(4-8,11(19)16-10)17-6-9(21-12(17)20)7-1-2-14-15-5-7/h1-2,5,8-9H,3-4,6H2,(H,16,18,19). The first-order chi connectivity index (χ1) is 10.1. The average molecular weight is 288 g/mol. The summed E-state index contributed by atoms with van der Waals surface area (Å²) in [5.74, 6) is -0.832. The molecule has 1 aromatic rings. The van der Waals surface area contributed by atoms with E-state index in [1.165, 1.54) is 17.3 Å². The number of hydrogen-bond acceptors (Lipinski definition) is 6. The number of carbonyl (C=O) groups excluding carboxylic acids is 3. The van der Waals surface area contributed by atoms with E-state index in [2.05, 4.69) is 15.5 Å². The van der Waals surface area contributed by atoms with Crippen LogP contribution < -0.4 is 5.32 Å². The zero-order valence-electron chi connectivity index (χ0n) is 11.0. The van der Waals surface area contributed by atoms with Gasteiger partial charge in [0.2, 0.25) is 5.91 Å². The Balaban J connectivity index is 1.59. The minimum atomic E-state index is -0.926. The lowest BCUT2D eigenvalue weighted by molar-refractivity contribution is -0.159. The largest absolute Gasteiger partial charge is 0.439 e. The molecule has 0 spiro atoms. The molecule has 8 heteroatoms. The van der Waals surface area contributed by atoms with E-state index >= 15 is 0 Å². The number of imide groups is 1. The Kier molecular flexibility index (Phi) is 2.33. The summed E-state index contributed by atoms with van der Waals surface area (Å²) in [6.45, 7) is 0.277. The molecule has 5 rings (SSSR count). The molecule has 2 bridgehead atoms. The van der Waals surface area contributed by atoms with E-state index in [4.69, 9.17) is 4.74 Å². The van der Waals surface area contributed by atoms with Crippen LogP contribution in [0.25, 0.3) is 0 Å². The molecule has 108 valence electrons. The Morgan fingerprint density at radius 1 is 1.29 bits per heavy atom. The summed E-state index contributed by atoms with van der Waals surface area (Å²) in [6, 6.07) is 1.72. The summed E-state index contributed by atoms with van der Waals surface area (Å²) in [5.41, 5.74) is -0.189. The predicted octanol–water partition coefficient (Wildman–Crippen LogP) is -0.225. The fourth-order valence-corrected chi connectivity index (χ4v) is 3.28. The van der Waals surface area contributed by atoms with Crippen LogP contribution in [0.1, 0.15) is 24.5 Å². The van der Waals surface area contributed by atoms with Crippen LogP contribution in [-0.4, -0.2) is 45.1 Å². The van der Waals surface area contributed by atoms with E-state index in [1.54, 1.807) is 6.07 Å². The number of rotatable bonds is 2. The summed E-state index contributed by atoms with van der Waals surface area (Å²) in [4.78, 5) is 37.2. The number of piperidine rings is 2. The van der Waals surface area contributed by atoms with Gasteiger partial charge in [0.15, 0.2) is 0 Å². The van der Waals surface area contributed by atoms with Crippen molar-refractivity contribution in [1.82, 2.24) is 20.4 Å². The van der Waals surface area contributed by atoms with Gasteiger partial charge in [-0.3, -0.25) is 19.8 Å². The van der Waals surface area contributed by atoms with Crippen molar-refractivity contribution in [3.05, 3.63) is 24.0 Å². The molecule has 21 heavy (non-hydrogen) atoms. The van der Waals surface area contributed by atoms with Gasteiger partial charge in [0.25, 0.3) is 5.91 Å². The monoisotopic (exact) mass is 288 g/mol. The molecule has 1 atom stereocenters. The number of nitrogens with zero attached hydrogens (tertiary/aromatic N) is 3. The van der Waals surface area contributed by atoms with Crippen LogP contribution in [0.15, 0.2) is 18.5 Å². The third-order valence-electron chi connectivity index (χ3n) is 4.51. The van der Waals surface area contributed by atoms with Crippen LogP contribution in [-0.2, 0) is 14.3 Å². The molecule has 8 nitrogen and oxygen atoms in total. The van der Waals surface area contributed by atoms with Gasteiger partial charge in [0.05, 0.1) is 12.7 Å². The average Bonchev–Trinajstić information content (AvgIpc) is 2.81. The first-order valence-corrected chi connectivity index (χ1v) is 6.70. The van der Waals surface area contributed by atoms with Crippen LogP contribution in [0.2, 0.25) is 0 Å². The van der Waals surface area contributed by atoms with Crippen LogP contribution in [0.5, 0.6) is 0 Å². The van der Waals surface area contributed by atoms with Crippen molar-refractivity contribution in [2.75, 3.05) is 6.54 Å². The van der Waals surface area contributed by atoms with Gasteiger partial charge in [0, 0.05) is 17.7 Å². The van der Waals surface area contributed by atoms with Crippen LogP contribution in [0.4, 0.5) is 4.79 Å². The topological polar surface area (TPSA) is 101 Å². The van der Waals surface area contributed by atoms with Gasteiger partial charge in [0.1, 0.15) is 11.6 Å². The molecule has 1 N–H and O–H groups in total. The van der Waals surface area contributed by atoms with Crippen molar-refractivity contribution in [2.24, 2.45) is 5.92 Å². The van der Waals surface area contributed by atoms with Gasteiger partial charge in [-0.25, -0.2) is 4.79 Å². The quantitative estimate of drug-likeness (QED) is 0.755. The SMILES string of the molecule is O=C1NC(=O)C2(N3CC(c4ccnnc4)OC3=O)CC1C2. The van der Waals surface area contributed by atoms with Crippen molar-refractivity contribution in [3.8, 4) is 0 Å². The number of nitrogens with one attached hydrogen (secondary N) is 1. The van der Waals surface area contributed by atoms with E-state index in [-0.39, 0.29) is 18.4 Å². The maximum absolute atomic E-state index is 12.1. The highest BCUT2D eigenvalue weighted by Crippen LogP contribution is 2.48. The smallest absolute Gasteiger partial charge is 0.411 e. The highest BCUT2D eigenvalue weighted by molar-refractivity contribution is 6.08. The van der Waals surface area contributed by atoms with Gasteiger partial charge >= 0.3 is 6.09 Å². The van der Waals surface area contributed by atoms with E-state index in [9.17, 15) is 14.4 Å². The van der Waals surface area contributed by atoms with Crippen molar-refractivity contribution >= 4 is 17.9 Å². The fourth-order valence-electron chi connectivity index (χ4n) is 3.28. The van der Waals surface area contributed by atoms with Gasteiger partial charge in [-0.05, 0) is 18.9 Å². The van der Waals surface area contributed by atoms with Gasteiger partial charge in [-0.1, -0.05) is 0 Å². The molecule has 1 aromatic heterocycles. The summed E-state index contributed by atoms with van der Waals surface area (Å²) in [5, 5.41) is 9.76. The highest BCUT2D eigenvalue weighted by atomic mass is 16.6. The molecule has 0 aromatic carbocycles. The first kappa shape index (κ1) is 12.2. The number of cyclic esters (lactones) is 1. The fraction of sp³-hybridized carbons (Fsp3) is 0.462. The predicted molar refractivity (Wildman–Crippen MR) is 66.6 cm³/mol. The van der Waals surface area contributed by atoms with Crippen molar-refractivity contribution in [1.29, 1.82) is 0 Å². The second-order valence-electron chi connectivity index (χ2n) is 5.61. The lowest BCUT2D eigenvalue weighted by Crippen LogP contribution is -2.73. The lowest BCUT2D eigenvalue weighted by atomic mass is 9.63. The van der Waals surface area contributed by atoms with Crippen molar-refractivity contribution in [2.45, 2.75) is 24.5 Å². The van der Waals surface area contributed by atoms with Gasteiger partial charge in [-0.15, -0.1) is 0 Å². The zero-order chi connectivity index (χ0) is 14.6. The number of aromatic nitrogens is 2. The Morgan fingerprint density at radius 2 is 2.10 bits per heavy atom. The number of ether oxygens (including phenoxy) is 1. The molecule has 1 aliphatic carbocycles. The summed E-state index contributed by atoms with van der Waals surface area (Å²) < 4.78 is 5.33. The van der Waals surface area contributed by atoms with E-state index in [1.807, 2.05) is 0 Å². The molecule has 4 heterocycles. The van der Waals surface area contributed by atoms with Crippen molar-refractivity contribution in [3.63, 3.8) is 0 Å². The molecule has 0 radical (unpaired) electrons. The Labute approximate surface area is 119 Å². The maximum atomic E-state index is 12.1. The molecule has 1 unspecified atom stereocenters. The second kappa shape index (κ2) is 4.00. The maximum Gasteiger partial charge on any atom is 0.411 e. The van der Waals surface area contributed by atoms with Gasteiger partial charge in [-0.2, -0.15) is 10.2 Å². The summed E-state index contributed by atoms with van der Waals surface area (Å²) in [7, 11) is 0. The first-order valence-electron chi connectivity index (χ1n) is 6.70. The molecule has 3 amide bonds. The summed E-state index contributed by atoms with van der Waals surface area (Å²) >= 11 is 0. The van der Waals surface area contributed by atoms with Gasteiger partial charge < -0.3 is 4.74 Å². The molecular weight excluding hydrogens is 276 g/mol. The molecule has 4 fully saturated rings. The number of hydrogen-bond donors (Lipinski definition) is 1. The Morgan fingerprint density at radius 3 is 2.76 bits per heavy atom. The Hall–Kier alpha value is -2.51. The lowest BCUT2D eigenvalue weighted by Gasteiger charge is -2.52.